The fourth-order valence-electron chi connectivity index (χ4n) is 3.17. The Hall–Kier alpha value is -2.70. The Morgan fingerprint density at radius 3 is 2.55 bits per heavy atom. The van der Waals surface area contributed by atoms with Crippen molar-refractivity contribution in [3.05, 3.63) is 82.7 Å². The number of nitrogens with zero attached hydrogens (tertiary/aromatic N) is 2. The molecule has 1 N–H and O–H groups in total. The molecule has 0 radical (unpaired) electrons. The van der Waals surface area contributed by atoms with E-state index < -0.39 is 5.97 Å². The zero-order chi connectivity index (χ0) is 19.9. The first-order valence-electron chi connectivity index (χ1n) is 9.22. The number of aliphatic carboxylic acids is 1. The van der Waals surface area contributed by atoms with Gasteiger partial charge in [0, 0.05) is 36.3 Å². The van der Waals surface area contributed by atoms with Gasteiger partial charge in [-0.15, -0.1) is 12.4 Å². The van der Waals surface area contributed by atoms with Crippen molar-refractivity contribution in [2.45, 2.75) is 13.3 Å². The fraction of sp³-hybridized carbons (Fsp3) is 0.273. The third-order valence-corrected chi connectivity index (χ3v) is 4.69. The van der Waals surface area contributed by atoms with Gasteiger partial charge in [-0.3, -0.25) is 4.90 Å². The van der Waals surface area contributed by atoms with Crippen LogP contribution in [-0.2, 0) is 9.63 Å². The van der Waals surface area contributed by atoms with Crippen molar-refractivity contribution in [1.82, 2.24) is 4.90 Å². The highest BCUT2D eigenvalue weighted by Gasteiger charge is 2.18. The van der Waals surface area contributed by atoms with E-state index in [9.17, 15) is 9.18 Å². The number of carboxylic acid groups (broad SMARTS) is 1. The second-order valence-electron chi connectivity index (χ2n) is 6.67. The van der Waals surface area contributed by atoms with Gasteiger partial charge >= 0.3 is 5.97 Å². The molecule has 0 amide bonds. The summed E-state index contributed by atoms with van der Waals surface area (Å²) in [7, 11) is 0. The highest BCUT2D eigenvalue weighted by Crippen LogP contribution is 2.18. The first kappa shape index (κ1) is 22.6. The largest absolute Gasteiger partial charge is 0.478 e. The van der Waals surface area contributed by atoms with Gasteiger partial charge in [0.05, 0.1) is 0 Å². The molecular weight excluding hydrogens is 395 g/mol. The van der Waals surface area contributed by atoms with Crippen LogP contribution in [0.4, 0.5) is 4.39 Å². The van der Waals surface area contributed by atoms with Crippen molar-refractivity contribution >= 4 is 24.1 Å². The summed E-state index contributed by atoms with van der Waals surface area (Å²) in [6.45, 7) is 3.95. The minimum Gasteiger partial charge on any atom is -0.478 e. The maximum absolute atomic E-state index is 14.4. The van der Waals surface area contributed by atoms with Gasteiger partial charge in [-0.1, -0.05) is 47.6 Å². The van der Waals surface area contributed by atoms with Gasteiger partial charge in [0.15, 0.2) is 0 Å². The molecule has 0 bridgehead atoms. The minimum atomic E-state index is -0.884. The Balaban J connectivity index is 0.00000300. The molecule has 0 saturated carbocycles. The van der Waals surface area contributed by atoms with Crippen LogP contribution in [0.5, 0.6) is 0 Å². The van der Waals surface area contributed by atoms with Crippen LogP contribution in [0, 0.1) is 12.7 Å². The molecule has 0 unspecified atom stereocenters. The van der Waals surface area contributed by atoms with Crippen LogP contribution in [-0.4, -0.2) is 47.9 Å². The molecule has 7 heteroatoms. The number of hydrogen-bond donors (Lipinski definition) is 1. The second kappa shape index (κ2) is 10.7. The monoisotopic (exact) mass is 418 g/mol. The highest BCUT2D eigenvalue weighted by molar-refractivity contribution is 6.13. The van der Waals surface area contributed by atoms with E-state index in [0.717, 1.165) is 17.7 Å². The molecule has 2 aromatic rings. The molecule has 0 aliphatic carbocycles. The molecule has 2 aromatic carbocycles. The number of carboxylic acids is 1. The molecule has 0 spiro atoms. The molecule has 29 heavy (non-hydrogen) atoms. The molecule has 3 rings (SSSR count). The van der Waals surface area contributed by atoms with Crippen LogP contribution in [0.25, 0.3) is 0 Å². The SMILES string of the molecule is Cc1ccccc1/C(=N/OCCN1CCC=C(C(=O)O)C1)c1ccccc1F.Cl. The van der Waals surface area contributed by atoms with Crippen molar-refractivity contribution in [3.63, 3.8) is 0 Å². The first-order valence-corrected chi connectivity index (χ1v) is 9.22. The molecule has 0 saturated heterocycles. The molecule has 1 aliphatic heterocycles. The van der Waals surface area contributed by atoms with Crippen LogP contribution < -0.4 is 0 Å². The Morgan fingerprint density at radius 1 is 1.17 bits per heavy atom. The van der Waals surface area contributed by atoms with Crippen molar-refractivity contribution in [2.24, 2.45) is 5.16 Å². The van der Waals surface area contributed by atoms with Crippen LogP contribution in [0.1, 0.15) is 23.1 Å². The quantitative estimate of drug-likeness (QED) is 0.418. The number of hydrogen-bond acceptors (Lipinski definition) is 4. The van der Waals surface area contributed by atoms with Crippen LogP contribution in [0.2, 0.25) is 0 Å². The van der Waals surface area contributed by atoms with E-state index in [-0.39, 0.29) is 24.8 Å². The van der Waals surface area contributed by atoms with Crippen LogP contribution in [0.15, 0.2) is 65.3 Å². The molecule has 5 nitrogen and oxygen atoms in total. The molecule has 0 atom stereocenters. The lowest BCUT2D eigenvalue weighted by molar-refractivity contribution is -0.133. The summed E-state index contributed by atoms with van der Waals surface area (Å²) in [4.78, 5) is 18.6. The lowest BCUT2D eigenvalue weighted by Gasteiger charge is -2.24. The summed E-state index contributed by atoms with van der Waals surface area (Å²) in [5, 5.41) is 13.4. The maximum Gasteiger partial charge on any atom is 0.332 e. The Morgan fingerprint density at radius 2 is 1.86 bits per heavy atom. The number of oxime groups is 1. The smallest absolute Gasteiger partial charge is 0.332 e. The minimum absolute atomic E-state index is 0. The second-order valence-corrected chi connectivity index (χ2v) is 6.67. The average molecular weight is 419 g/mol. The van der Waals surface area contributed by atoms with Gasteiger partial charge in [0.2, 0.25) is 0 Å². The van der Waals surface area contributed by atoms with E-state index in [1.54, 1.807) is 24.3 Å². The number of carbonyl (C=O) groups is 1. The summed E-state index contributed by atoms with van der Waals surface area (Å²) < 4.78 is 14.4. The Kier molecular flexibility index (Phi) is 8.36. The number of benzene rings is 2. The zero-order valence-electron chi connectivity index (χ0n) is 16.2. The lowest BCUT2D eigenvalue weighted by Crippen LogP contribution is -2.34. The van der Waals surface area contributed by atoms with Gasteiger partial charge in [0.1, 0.15) is 18.1 Å². The molecule has 0 fully saturated rings. The molecule has 154 valence electrons. The van der Waals surface area contributed by atoms with Gasteiger partial charge in [-0.2, -0.15) is 0 Å². The van der Waals surface area contributed by atoms with E-state index in [2.05, 4.69) is 5.16 Å². The van der Waals surface area contributed by atoms with Gasteiger partial charge in [0.25, 0.3) is 0 Å². The average Bonchev–Trinajstić information content (AvgIpc) is 2.70. The van der Waals surface area contributed by atoms with Gasteiger partial charge < -0.3 is 9.94 Å². The van der Waals surface area contributed by atoms with Gasteiger partial charge in [-0.25, -0.2) is 9.18 Å². The summed E-state index contributed by atoms with van der Waals surface area (Å²) in [5.74, 6) is -1.24. The van der Waals surface area contributed by atoms with Crippen molar-refractivity contribution in [1.29, 1.82) is 0 Å². The van der Waals surface area contributed by atoms with E-state index in [4.69, 9.17) is 9.94 Å². The third-order valence-electron chi connectivity index (χ3n) is 4.69. The Bertz CT molecular complexity index is 867. The topological polar surface area (TPSA) is 62.1 Å². The van der Waals surface area contributed by atoms with E-state index in [0.29, 0.717) is 36.4 Å². The van der Waals surface area contributed by atoms with E-state index in [1.807, 2.05) is 36.1 Å². The molecular formula is C22H24ClFN2O3. The predicted octanol–water partition coefficient (Wildman–Crippen LogP) is 4.04. The van der Waals surface area contributed by atoms with Crippen molar-refractivity contribution < 1.29 is 19.1 Å². The van der Waals surface area contributed by atoms with E-state index in [1.165, 1.54) is 6.07 Å². The predicted molar refractivity (Wildman–Crippen MR) is 113 cm³/mol. The third kappa shape index (κ3) is 5.89. The molecule has 1 aliphatic rings. The Labute approximate surface area is 175 Å². The van der Waals surface area contributed by atoms with Crippen LogP contribution >= 0.6 is 12.4 Å². The molecule has 1 heterocycles. The summed E-state index contributed by atoms with van der Waals surface area (Å²) in [6.07, 6.45) is 2.46. The zero-order valence-corrected chi connectivity index (χ0v) is 17.0. The van der Waals surface area contributed by atoms with Crippen molar-refractivity contribution in [2.75, 3.05) is 26.2 Å². The summed E-state index contributed by atoms with van der Waals surface area (Å²) in [5.41, 5.74) is 3.01. The fourth-order valence-corrected chi connectivity index (χ4v) is 3.17. The van der Waals surface area contributed by atoms with Crippen LogP contribution in [0.3, 0.4) is 0 Å². The normalized spacial score (nSPS) is 14.7. The lowest BCUT2D eigenvalue weighted by atomic mass is 9.98. The number of aryl methyl sites for hydroxylation is 1. The first-order chi connectivity index (χ1) is 13.6. The maximum atomic E-state index is 14.4. The molecule has 0 aromatic heterocycles. The van der Waals surface area contributed by atoms with Gasteiger partial charge in [-0.05, 0) is 31.0 Å². The number of halogens is 2. The summed E-state index contributed by atoms with van der Waals surface area (Å²) >= 11 is 0. The standard InChI is InChI=1S/C22H23FN2O3.ClH/c1-16-7-2-3-9-18(16)21(19-10-4-5-11-20(19)23)24-28-14-13-25-12-6-8-17(15-25)22(26)27;/h2-5,7-11H,6,12-15H2,1H3,(H,26,27);1H/b24-21-;. The van der Waals surface area contributed by atoms with Crippen molar-refractivity contribution in [3.8, 4) is 0 Å². The summed E-state index contributed by atoms with van der Waals surface area (Å²) in [6, 6.07) is 14.1. The van der Waals surface area contributed by atoms with E-state index >= 15 is 0 Å². The number of rotatable bonds is 7. The highest BCUT2D eigenvalue weighted by atomic mass is 35.5.